The molecule has 118 valence electrons. The predicted molar refractivity (Wildman–Crippen MR) is 85.5 cm³/mol. The molecule has 0 radical (unpaired) electrons. The topological polar surface area (TPSA) is 91.5 Å². The molecular formula is C14H24N4O2S. The molecule has 6 nitrogen and oxygen atoms in total. The molecular weight excluding hydrogens is 288 g/mol. The van der Waals surface area contributed by atoms with Crippen LogP contribution in [-0.4, -0.2) is 46.6 Å². The molecule has 2 unspecified atom stereocenters. The lowest BCUT2D eigenvalue weighted by atomic mass is 10.0. The molecule has 1 aliphatic rings. The van der Waals surface area contributed by atoms with Crippen LogP contribution in [0.5, 0.6) is 0 Å². The molecule has 1 saturated heterocycles. The standard InChI is InChI=1S/C14H24N4O2S/c1-8(2)6-16-14-17-12(15)11(21-14)13(20)18-5-4-10(7-18)9(3)19/h8-10,19H,4-7,15H2,1-3H3,(H,16,17). The van der Waals surface area contributed by atoms with Gasteiger partial charge in [-0.1, -0.05) is 25.2 Å². The SMILES string of the molecule is CC(C)CNc1nc(N)c(C(=O)N2CCC(C(C)O)C2)s1. The van der Waals surface area contributed by atoms with Crippen LogP contribution in [0, 0.1) is 11.8 Å². The van der Waals surface area contributed by atoms with Crippen molar-refractivity contribution in [1.29, 1.82) is 0 Å². The smallest absolute Gasteiger partial charge is 0.267 e. The van der Waals surface area contributed by atoms with Crippen LogP contribution in [0.1, 0.15) is 36.9 Å². The minimum Gasteiger partial charge on any atom is -0.393 e. The van der Waals surface area contributed by atoms with Gasteiger partial charge in [0, 0.05) is 25.6 Å². The van der Waals surface area contributed by atoms with Gasteiger partial charge >= 0.3 is 0 Å². The molecule has 2 atom stereocenters. The van der Waals surface area contributed by atoms with E-state index in [-0.39, 0.29) is 23.7 Å². The second kappa shape index (κ2) is 6.62. The molecule has 2 rings (SSSR count). The van der Waals surface area contributed by atoms with E-state index in [0.717, 1.165) is 13.0 Å². The van der Waals surface area contributed by atoms with Gasteiger partial charge in [-0.15, -0.1) is 0 Å². The Bertz CT molecular complexity index is 501. The van der Waals surface area contributed by atoms with Gasteiger partial charge in [0.25, 0.3) is 5.91 Å². The third-order valence-corrected chi connectivity index (χ3v) is 4.72. The number of likely N-dealkylation sites (tertiary alicyclic amines) is 1. The number of aliphatic hydroxyl groups excluding tert-OH is 1. The number of aromatic nitrogens is 1. The summed E-state index contributed by atoms with van der Waals surface area (Å²) in [4.78, 5) is 19.0. The Hall–Kier alpha value is -1.34. The zero-order valence-electron chi connectivity index (χ0n) is 12.8. The predicted octanol–water partition coefficient (Wildman–Crippen LogP) is 1.64. The third kappa shape index (κ3) is 3.85. The number of thiazole rings is 1. The second-order valence-electron chi connectivity index (χ2n) is 6.05. The Balaban J connectivity index is 2.03. The van der Waals surface area contributed by atoms with E-state index in [4.69, 9.17) is 5.73 Å². The Morgan fingerprint density at radius 1 is 1.57 bits per heavy atom. The fourth-order valence-corrected chi connectivity index (χ4v) is 3.22. The molecule has 0 aromatic carbocycles. The van der Waals surface area contributed by atoms with Crippen LogP contribution < -0.4 is 11.1 Å². The van der Waals surface area contributed by atoms with Crippen LogP contribution >= 0.6 is 11.3 Å². The molecule has 1 aromatic heterocycles. The van der Waals surface area contributed by atoms with Crippen molar-refractivity contribution in [2.45, 2.75) is 33.3 Å². The summed E-state index contributed by atoms with van der Waals surface area (Å²) in [6.07, 6.45) is 0.450. The normalized spacial score (nSPS) is 20.0. The summed E-state index contributed by atoms with van der Waals surface area (Å²) >= 11 is 1.31. The van der Waals surface area contributed by atoms with Crippen molar-refractivity contribution in [2.75, 3.05) is 30.7 Å². The Kier molecular flexibility index (Phi) is 5.05. The first-order valence-corrected chi connectivity index (χ1v) is 8.17. The molecule has 1 aromatic rings. The number of anilines is 2. The van der Waals surface area contributed by atoms with E-state index in [9.17, 15) is 9.90 Å². The summed E-state index contributed by atoms with van der Waals surface area (Å²) in [5.41, 5.74) is 5.87. The van der Waals surface area contributed by atoms with E-state index in [2.05, 4.69) is 24.1 Å². The Labute approximate surface area is 129 Å². The summed E-state index contributed by atoms with van der Waals surface area (Å²) in [6, 6.07) is 0. The van der Waals surface area contributed by atoms with Crippen molar-refractivity contribution in [2.24, 2.45) is 11.8 Å². The zero-order valence-corrected chi connectivity index (χ0v) is 13.6. The number of rotatable bonds is 5. The van der Waals surface area contributed by atoms with E-state index in [1.54, 1.807) is 11.8 Å². The molecule has 21 heavy (non-hydrogen) atoms. The zero-order chi connectivity index (χ0) is 15.6. The van der Waals surface area contributed by atoms with Crippen LogP contribution in [0.3, 0.4) is 0 Å². The Morgan fingerprint density at radius 3 is 2.86 bits per heavy atom. The highest BCUT2D eigenvalue weighted by Crippen LogP contribution is 2.29. The lowest BCUT2D eigenvalue weighted by molar-refractivity contribution is 0.0768. The number of carbonyl (C=O) groups excluding carboxylic acids is 1. The number of nitrogen functional groups attached to an aromatic ring is 1. The monoisotopic (exact) mass is 312 g/mol. The lowest BCUT2D eigenvalue weighted by Crippen LogP contribution is -2.30. The van der Waals surface area contributed by atoms with Crippen molar-refractivity contribution in [1.82, 2.24) is 9.88 Å². The van der Waals surface area contributed by atoms with Gasteiger partial charge in [-0.05, 0) is 19.3 Å². The van der Waals surface area contributed by atoms with Gasteiger partial charge in [-0.2, -0.15) is 0 Å². The molecule has 1 fully saturated rings. The van der Waals surface area contributed by atoms with Gasteiger partial charge in [0.2, 0.25) is 0 Å². The van der Waals surface area contributed by atoms with Crippen molar-refractivity contribution in [3.05, 3.63) is 4.88 Å². The number of amides is 1. The minimum absolute atomic E-state index is 0.0780. The number of nitrogens with one attached hydrogen (secondary N) is 1. The number of nitrogens with two attached hydrogens (primary N) is 1. The highest BCUT2D eigenvalue weighted by atomic mass is 32.1. The first kappa shape index (κ1) is 16.0. The fourth-order valence-electron chi connectivity index (χ4n) is 2.36. The maximum atomic E-state index is 12.5. The third-order valence-electron chi connectivity index (χ3n) is 3.70. The second-order valence-corrected chi connectivity index (χ2v) is 7.05. The molecule has 7 heteroatoms. The summed E-state index contributed by atoms with van der Waals surface area (Å²) in [6.45, 7) is 8.04. The highest BCUT2D eigenvalue weighted by molar-refractivity contribution is 7.18. The number of nitrogens with zero attached hydrogens (tertiary/aromatic N) is 2. The maximum Gasteiger partial charge on any atom is 0.267 e. The van der Waals surface area contributed by atoms with E-state index in [0.29, 0.717) is 29.0 Å². The summed E-state index contributed by atoms with van der Waals surface area (Å²) in [5.74, 6) is 0.865. The maximum absolute atomic E-state index is 12.5. The van der Waals surface area contributed by atoms with Gasteiger partial charge in [0.15, 0.2) is 5.13 Å². The van der Waals surface area contributed by atoms with Crippen molar-refractivity contribution in [3.63, 3.8) is 0 Å². The molecule has 0 bridgehead atoms. The van der Waals surface area contributed by atoms with Gasteiger partial charge in [-0.25, -0.2) is 4.98 Å². The van der Waals surface area contributed by atoms with Gasteiger partial charge in [0.05, 0.1) is 6.10 Å². The highest BCUT2D eigenvalue weighted by Gasteiger charge is 2.31. The van der Waals surface area contributed by atoms with Gasteiger partial charge in [0.1, 0.15) is 10.7 Å². The van der Waals surface area contributed by atoms with E-state index >= 15 is 0 Å². The van der Waals surface area contributed by atoms with Crippen LogP contribution in [0.2, 0.25) is 0 Å². The summed E-state index contributed by atoms with van der Waals surface area (Å²) < 4.78 is 0. The first-order chi connectivity index (χ1) is 9.88. The van der Waals surface area contributed by atoms with Crippen LogP contribution in [0.15, 0.2) is 0 Å². The largest absolute Gasteiger partial charge is 0.393 e. The Morgan fingerprint density at radius 2 is 2.29 bits per heavy atom. The number of carbonyl (C=O) groups is 1. The lowest BCUT2D eigenvalue weighted by Gasteiger charge is -2.16. The summed E-state index contributed by atoms with van der Waals surface area (Å²) in [7, 11) is 0. The molecule has 1 amide bonds. The average molecular weight is 312 g/mol. The number of hydrogen-bond acceptors (Lipinski definition) is 6. The minimum atomic E-state index is -0.384. The number of hydrogen-bond donors (Lipinski definition) is 3. The van der Waals surface area contributed by atoms with E-state index in [1.165, 1.54) is 11.3 Å². The van der Waals surface area contributed by atoms with Crippen LogP contribution in [0.25, 0.3) is 0 Å². The quantitative estimate of drug-likeness (QED) is 0.769. The van der Waals surface area contributed by atoms with Gasteiger partial charge in [-0.3, -0.25) is 4.79 Å². The van der Waals surface area contributed by atoms with E-state index in [1.807, 2.05) is 0 Å². The molecule has 4 N–H and O–H groups in total. The van der Waals surface area contributed by atoms with Crippen molar-refractivity contribution in [3.8, 4) is 0 Å². The number of aliphatic hydroxyl groups is 1. The fraction of sp³-hybridized carbons (Fsp3) is 0.714. The molecule has 0 spiro atoms. The van der Waals surface area contributed by atoms with Crippen LogP contribution in [0.4, 0.5) is 10.9 Å². The molecule has 2 heterocycles. The van der Waals surface area contributed by atoms with Crippen LogP contribution in [-0.2, 0) is 0 Å². The summed E-state index contributed by atoms with van der Waals surface area (Å²) in [5, 5.41) is 13.5. The molecule has 1 aliphatic heterocycles. The van der Waals surface area contributed by atoms with Gasteiger partial charge < -0.3 is 21.1 Å². The average Bonchev–Trinajstić information content (AvgIpc) is 3.02. The molecule has 0 saturated carbocycles. The van der Waals surface area contributed by atoms with E-state index < -0.39 is 0 Å². The first-order valence-electron chi connectivity index (χ1n) is 7.36. The van der Waals surface area contributed by atoms with Crippen molar-refractivity contribution >= 4 is 28.2 Å². The van der Waals surface area contributed by atoms with Crippen molar-refractivity contribution < 1.29 is 9.90 Å². The molecule has 0 aliphatic carbocycles.